The first-order chi connectivity index (χ1) is 12.6. The van der Waals surface area contributed by atoms with Crippen molar-refractivity contribution < 1.29 is 19.1 Å². The fraction of sp³-hybridized carbons (Fsp3) is 0.211. The van der Waals surface area contributed by atoms with E-state index in [-0.39, 0.29) is 35.1 Å². The molecular weight excluding hydrogens is 374 g/mol. The number of rotatable bonds is 3. The lowest BCUT2D eigenvalue weighted by molar-refractivity contribution is -0.122. The van der Waals surface area contributed by atoms with Gasteiger partial charge in [0.25, 0.3) is 0 Å². The summed E-state index contributed by atoms with van der Waals surface area (Å²) in [5.41, 5.74) is 0.215. The van der Waals surface area contributed by atoms with Gasteiger partial charge in [0.15, 0.2) is 5.75 Å². The van der Waals surface area contributed by atoms with Crippen molar-refractivity contribution in [1.82, 2.24) is 0 Å². The minimum Gasteiger partial charge on any atom is -0.420 e. The molecule has 0 bridgehead atoms. The molecule has 2 atom stereocenters. The lowest BCUT2D eigenvalue weighted by atomic mass is 9.85. The third-order valence-electron chi connectivity index (χ3n) is 4.59. The van der Waals surface area contributed by atoms with Crippen LogP contribution in [0.4, 0.5) is 5.69 Å². The number of carbonyl (C=O) groups excluding carboxylic acids is 3. The highest BCUT2D eigenvalue weighted by molar-refractivity contribution is 7.12. The fourth-order valence-electron chi connectivity index (χ4n) is 3.33. The van der Waals surface area contributed by atoms with Gasteiger partial charge in [0, 0.05) is 5.02 Å². The van der Waals surface area contributed by atoms with Gasteiger partial charge in [0.2, 0.25) is 11.8 Å². The van der Waals surface area contributed by atoms with Gasteiger partial charge in [-0.2, -0.15) is 0 Å². The summed E-state index contributed by atoms with van der Waals surface area (Å²) in [6.45, 7) is 0. The summed E-state index contributed by atoms with van der Waals surface area (Å²) < 4.78 is 5.46. The van der Waals surface area contributed by atoms with E-state index in [0.717, 1.165) is 4.90 Å². The molecule has 7 heteroatoms. The molecule has 0 N–H and O–H groups in total. The van der Waals surface area contributed by atoms with Crippen LogP contribution < -0.4 is 9.64 Å². The molecule has 2 aliphatic rings. The number of thiophene rings is 1. The Morgan fingerprint density at radius 3 is 2.42 bits per heavy atom. The molecule has 0 radical (unpaired) electrons. The smallest absolute Gasteiger partial charge is 0.353 e. The Labute approximate surface area is 158 Å². The number of halogens is 1. The van der Waals surface area contributed by atoms with Crippen LogP contribution in [0.1, 0.15) is 22.5 Å². The van der Waals surface area contributed by atoms with E-state index in [9.17, 15) is 14.4 Å². The van der Waals surface area contributed by atoms with Gasteiger partial charge >= 0.3 is 5.97 Å². The maximum Gasteiger partial charge on any atom is 0.353 e. The van der Waals surface area contributed by atoms with E-state index in [1.807, 2.05) is 12.2 Å². The predicted molar refractivity (Wildman–Crippen MR) is 98.6 cm³/mol. The topological polar surface area (TPSA) is 63.7 Å². The van der Waals surface area contributed by atoms with Gasteiger partial charge in [0.05, 0.1) is 17.5 Å². The van der Waals surface area contributed by atoms with Crippen LogP contribution >= 0.6 is 22.9 Å². The van der Waals surface area contributed by atoms with Crippen molar-refractivity contribution in [3.05, 3.63) is 57.8 Å². The Hall–Kier alpha value is -2.44. The first-order valence-electron chi connectivity index (χ1n) is 8.14. The number of hydrogen-bond acceptors (Lipinski definition) is 5. The quantitative estimate of drug-likeness (QED) is 0.344. The molecule has 2 aromatic rings. The Balaban J connectivity index is 1.70. The fourth-order valence-corrected chi connectivity index (χ4v) is 4.10. The summed E-state index contributed by atoms with van der Waals surface area (Å²) in [6.07, 6.45) is 4.92. The maximum atomic E-state index is 12.8. The molecule has 1 fully saturated rings. The van der Waals surface area contributed by atoms with Crippen LogP contribution in [-0.2, 0) is 9.59 Å². The molecule has 2 heterocycles. The number of imide groups is 1. The zero-order valence-electron chi connectivity index (χ0n) is 13.6. The lowest BCUT2D eigenvalue weighted by Crippen LogP contribution is -2.31. The highest BCUT2D eigenvalue weighted by atomic mass is 35.5. The van der Waals surface area contributed by atoms with Crippen molar-refractivity contribution in [2.24, 2.45) is 11.8 Å². The van der Waals surface area contributed by atoms with Crippen molar-refractivity contribution in [3.63, 3.8) is 0 Å². The van der Waals surface area contributed by atoms with Gasteiger partial charge in [-0.25, -0.2) is 9.69 Å². The number of amides is 2. The molecule has 4 rings (SSSR count). The number of ether oxygens (including phenoxy) is 1. The van der Waals surface area contributed by atoms with Crippen molar-refractivity contribution >= 4 is 46.4 Å². The second-order valence-corrected chi connectivity index (χ2v) is 7.53. The molecule has 5 nitrogen and oxygen atoms in total. The average molecular weight is 388 g/mol. The monoisotopic (exact) mass is 387 g/mol. The van der Waals surface area contributed by atoms with Gasteiger partial charge < -0.3 is 4.74 Å². The van der Waals surface area contributed by atoms with Gasteiger partial charge in [-0.05, 0) is 42.5 Å². The molecule has 1 aromatic carbocycles. The normalized spacial score (nSPS) is 21.8. The van der Waals surface area contributed by atoms with E-state index in [1.54, 1.807) is 23.6 Å². The van der Waals surface area contributed by atoms with Gasteiger partial charge in [-0.1, -0.05) is 29.8 Å². The molecule has 0 spiro atoms. The van der Waals surface area contributed by atoms with Crippen LogP contribution in [0.25, 0.3) is 0 Å². The van der Waals surface area contributed by atoms with Crippen LogP contribution in [0.15, 0.2) is 47.9 Å². The molecule has 26 heavy (non-hydrogen) atoms. The van der Waals surface area contributed by atoms with Crippen molar-refractivity contribution in [2.75, 3.05) is 4.90 Å². The van der Waals surface area contributed by atoms with Gasteiger partial charge in [-0.15, -0.1) is 11.3 Å². The molecular formula is C19H14ClNO4S. The van der Waals surface area contributed by atoms with E-state index < -0.39 is 5.97 Å². The molecule has 2 amide bonds. The number of esters is 1. The number of fused-ring (bicyclic) bond motifs is 1. The number of hydrogen-bond donors (Lipinski definition) is 0. The highest BCUT2D eigenvalue weighted by Crippen LogP contribution is 2.42. The summed E-state index contributed by atoms with van der Waals surface area (Å²) in [6, 6.07) is 7.94. The van der Waals surface area contributed by atoms with Crippen molar-refractivity contribution in [3.8, 4) is 5.75 Å². The Kier molecular flexibility index (Phi) is 4.38. The first-order valence-corrected chi connectivity index (χ1v) is 9.40. The Morgan fingerprint density at radius 1 is 1.12 bits per heavy atom. The third kappa shape index (κ3) is 2.85. The predicted octanol–water partition coefficient (Wildman–Crippen LogP) is 4.08. The van der Waals surface area contributed by atoms with E-state index >= 15 is 0 Å². The maximum absolute atomic E-state index is 12.8. The second kappa shape index (κ2) is 6.70. The summed E-state index contributed by atoms with van der Waals surface area (Å²) in [7, 11) is 0. The number of anilines is 1. The largest absolute Gasteiger partial charge is 0.420 e. The first kappa shape index (κ1) is 17.0. The van der Waals surface area contributed by atoms with Crippen LogP contribution in [0, 0.1) is 11.8 Å². The molecule has 1 aliphatic carbocycles. The molecule has 0 saturated carbocycles. The van der Waals surface area contributed by atoms with Crippen LogP contribution in [0.2, 0.25) is 5.02 Å². The lowest BCUT2D eigenvalue weighted by Gasteiger charge is -2.18. The van der Waals surface area contributed by atoms with E-state index in [4.69, 9.17) is 16.3 Å². The molecule has 1 aromatic heterocycles. The Morgan fingerprint density at radius 2 is 1.81 bits per heavy atom. The molecule has 132 valence electrons. The minimum atomic E-state index is -0.540. The number of nitrogens with zero attached hydrogens (tertiary/aromatic N) is 1. The van der Waals surface area contributed by atoms with Crippen LogP contribution in [-0.4, -0.2) is 17.8 Å². The van der Waals surface area contributed by atoms with E-state index in [1.165, 1.54) is 23.5 Å². The number of allylic oxidation sites excluding steroid dienone is 2. The second-order valence-electron chi connectivity index (χ2n) is 6.15. The van der Waals surface area contributed by atoms with Gasteiger partial charge in [-0.3, -0.25) is 9.59 Å². The van der Waals surface area contributed by atoms with E-state index in [2.05, 4.69) is 0 Å². The average Bonchev–Trinajstić information content (AvgIpc) is 3.25. The Bertz CT molecular complexity index is 896. The highest BCUT2D eigenvalue weighted by Gasteiger charge is 2.48. The third-order valence-corrected chi connectivity index (χ3v) is 5.68. The van der Waals surface area contributed by atoms with Crippen LogP contribution in [0.5, 0.6) is 5.75 Å². The standard InChI is InChI=1S/C19H14ClNO4S/c20-11-7-8-15(25-19(24)16-6-3-9-26-16)14(10-11)21-17(22)12-4-1-2-5-13(12)18(21)23/h1-3,6-10,12-13H,4-5H2/t12-,13-/m0/s1. The molecule has 1 saturated heterocycles. The zero-order chi connectivity index (χ0) is 18.3. The van der Waals surface area contributed by atoms with Gasteiger partial charge in [0.1, 0.15) is 4.88 Å². The zero-order valence-corrected chi connectivity index (χ0v) is 15.1. The molecule has 1 aliphatic heterocycles. The summed E-state index contributed by atoms with van der Waals surface area (Å²) >= 11 is 7.33. The summed E-state index contributed by atoms with van der Waals surface area (Å²) in [5.74, 6) is -1.69. The summed E-state index contributed by atoms with van der Waals surface area (Å²) in [4.78, 5) is 39.5. The minimum absolute atomic E-state index is 0.140. The van der Waals surface area contributed by atoms with Crippen LogP contribution in [0.3, 0.4) is 0 Å². The SMILES string of the molecule is O=C(Oc1ccc(Cl)cc1N1C(=O)[C@H]2CC=CC[C@@H]2C1=O)c1cccs1. The number of carbonyl (C=O) groups is 3. The summed E-state index contributed by atoms with van der Waals surface area (Å²) in [5, 5.41) is 2.12. The van der Waals surface area contributed by atoms with Crippen molar-refractivity contribution in [2.45, 2.75) is 12.8 Å². The van der Waals surface area contributed by atoms with E-state index in [0.29, 0.717) is 22.7 Å². The van der Waals surface area contributed by atoms with Crippen molar-refractivity contribution in [1.29, 1.82) is 0 Å². The molecule has 0 unspecified atom stereocenters. The number of benzene rings is 1.